The van der Waals surface area contributed by atoms with E-state index < -0.39 is 0 Å². The molecule has 1 aromatic rings. The van der Waals surface area contributed by atoms with E-state index in [1.54, 1.807) is 0 Å². The van der Waals surface area contributed by atoms with Crippen LogP contribution in [0.4, 0.5) is 0 Å². The second-order valence-electron chi connectivity index (χ2n) is 5.14. The van der Waals surface area contributed by atoms with Crippen LogP contribution in [0.15, 0.2) is 33.6 Å². The number of hydrogen-bond donors (Lipinski definition) is 2. The molecule has 0 saturated heterocycles. The fourth-order valence-electron chi connectivity index (χ4n) is 2.54. The molecule has 1 aliphatic rings. The van der Waals surface area contributed by atoms with Gasteiger partial charge in [0.25, 0.3) is 0 Å². The molecule has 2 rings (SSSR count). The Morgan fingerprint density at radius 2 is 2.00 bits per heavy atom. The number of nitrogens with one attached hydrogen (secondary N) is 1. The Morgan fingerprint density at radius 3 is 2.70 bits per heavy atom. The van der Waals surface area contributed by atoms with Gasteiger partial charge in [0.2, 0.25) is 5.91 Å². The lowest BCUT2D eigenvalue weighted by atomic mass is 9.85. The molecule has 1 aliphatic carbocycles. The maximum Gasteiger partial charge on any atom is 0.230 e. The third kappa shape index (κ3) is 4.79. The van der Waals surface area contributed by atoms with Gasteiger partial charge in [-0.3, -0.25) is 4.79 Å². The number of benzene rings is 1. The number of aliphatic hydroxyl groups excluding tert-OH is 1. The first-order valence-electron chi connectivity index (χ1n) is 6.97. The quantitative estimate of drug-likeness (QED) is 0.795. The van der Waals surface area contributed by atoms with Crippen LogP contribution in [0, 0.1) is 5.92 Å². The molecule has 1 saturated carbocycles. The Kier molecular flexibility index (Phi) is 6.39. The van der Waals surface area contributed by atoms with Crippen molar-refractivity contribution < 1.29 is 9.90 Å². The number of hydrogen-bond acceptors (Lipinski definition) is 3. The van der Waals surface area contributed by atoms with Gasteiger partial charge < -0.3 is 10.4 Å². The predicted molar refractivity (Wildman–Crippen MR) is 85.8 cm³/mol. The molecule has 1 fully saturated rings. The van der Waals surface area contributed by atoms with Crippen molar-refractivity contribution in [2.24, 2.45) is 5.92 Å². The summed E-state index contributed by atoms with van der Waals surface area (Å²) in [6.07, 6.45) is 4.30. The summed E-state index contributed by atoms with van der Waals surface area (Å²) in [6.45, 7) is 0.171. The maximum atomic E-state index is 12.0. The van der Waals surface area contributed by atoms with E-state index in [2.05, 4.69) is 21.2 Å². The van der Waals surface area contributed by atoms with E-state index in [4.69, 9.17) is 0 Å². The lowest BCUT2D eigenvalue weighted by Gasteiger charge is -2.30. The first kappa shape index (κ1) is 15.9. The summed E-state index contributed by atoms with van der Waals surface area (Å²) in [5.74, 6) is 0.713. The van der Waals surface area contributed by atoms with Crippen LogP contribution in [0.2, 0.25) is 0 Å². The second-order valence-corrected chi connectivity index (χ2v) is 7.11. The van der Waals surface area contributed by atoms with E-state index in [0.717, 1.165) is 35.1 Å². The zero-order valence-corrected chi connectivity index (χ0v) is 13.8. The minimum absolute atomic E-state index is 0.0586. The van der Waals surface area contributed by atoms with Crippen molar-refractivity contribution in [2.75, 3.05) is 12.4 Å². The van der Waals surface area contributed by atoms with Crippen LogP contribution in [-0.2, 0) is 4.79 Å². The van der Waals surface area contributed by atoms with Gasteiger partial charge in [-0.15, -0.1) is 11.8 Å². The number of thioether (sulfide) groups is 1. The van der Waals surface area contributed by atoms with Gasteiger partial charge >= 0.3 is 0 Å². The van der Waals surface area contributed by atoms with E-state index >= 15 is 0 Å². The summed E-state index contributed by atoms with van der Waals surface area (Å²) < 4.78 is 1.04. The zero-order valence-electron chi connectivity index (χ0n) is 11.3. The van der Waals surface area contributed by atoms with Crippen LogP contribution < -0.4 is 5.32 Å². The van der Waals surface area contributed by atoms with Crippen LogP contribution in [0.25, 0.3) is 0 Å². The fraction of sp³-hybridized carbons (Fsp3) is 0.533. The summed E-state index contributed by atoms with van der Waals surface area (Å²) in [6, 6.07) is 8.09. The van der Waals surface area contributed by atoms with Crippen LogP contribution in [0.1, 0.15) is 25.7 Å². The van der Waals surface area contributed by atoms with Crippen molar-refractivity contribution in [3.63, 3.8) is 0 Å². The van der Waals surface area contributed by atoms with Gasteiger partial charge in [0.05, 0.1) is 5.75 Å². The van der Waals surface area contributed by atoms with Crippen LogP contribution >= 0.6 is 27.7 Å². The average molecular weight is 358 g/mol. The molecule has 5 heteroatoms. The van der Waals surface area contributed by atoms with Gasteiger partial charge in [0.1, 0.15) is 0 Å². The highest BCUT2D eigenvalue weighted by atomic mass is 79.9. The monoisotopic (exact) mass is 357 g/mol. The summed E-state index contributed by atoms with van der Waals surface area (Å²) in [5.41, 5.74) is 0. The molecule has 0 bridgehead atoms. The second kappa shape index (κ2) is 8.05. The minimum Gasteiger partial charge on any atom is -0.396 e. The van der Waals surface area contributed by atoms with Crippen LogP contribution in [-0.4, -0.2) is 29.4 Å². The Morgan fingerprint density at radius 1 is 1.30 bits per heavy atom. The van der Waals surface area contributed by atoms with Gasteiger partial charge in [-0.1, -0.05) is 28.8 Å². The Labute approximate surface area is 132 Å². The van der Waals surface area contributed by atoms with Gasteiger partial charge in [-0.05, 0) is 37.1 Å². The lowest BCUT2D eigenvalue weighted by Crippen LogP contribution is -2.44. The smallest absolute Gasteiger partial charge is 0.230 e. The van der Waals surface area contributed by atoms with E-state index in [1.807, 2.05) is 24.3 Å². The number of carbonyl (C=O) groups is 1. The zero-order chi connectivity index (χ0) is 14.4. The molecule has 0 radical (unpaired) electrons. The third-order valence-electron chi connectivity index (χ3n) is 3.67. The largest absolute Gasteiger partial charge is 0.396 e. The molecule has 2 N–H and O–H groups in total. The molecule has 2 atom stereocenters. The fourth-order valence-corrected chi connectivity index (χ4v) is 3.52. The molecule has 2 unspecified atom stereocenters. The molecule has 110 valence electrons. The van der Waals surface area contributed by atoms with Gasteiger partial charge in [-0.2, -0.15) is 0 Å². The summed E-state index contributed by atoms with van der Waals surface area (Å²) in [5, 5.41) is 12.4. The van der Waals surface area contributed by atoms with Gasteiger partial charge in [-0.25, -0.2) is 0 Å². The van der Waals surface area contributed by atoms with Crippen molar-refractivity contribution in [3.05, 3.63) is 28.7 Å². The number of carbonyl (C=O) groups excluding carboxylic acids is 1. The molecule has 0 aliphatic heterocycles. The van der Waals surface area contributed by atoms with Crippen LogP contribution in [0.5, 0.6) is 0 Å². The molecule has 0 heterocycles. The molecular weight excluding hydrogens is 338 g/mol. The van der Waals surface area contributed by atoms with Crippen LogP contribution in [0.3, 0.4) is 0 Å². The first-order valence-corrected chi connectivity index (χ1v) is 8.75. The number of halogens is 1. The van der Waals surface area contributed by atoms with Gasteiger partial charge in [0, 0.05) is 27.9 Å². The molecular formula is C15H20BrNO2S. The SMILES string of the molecule is O=C(CSc1ccc(Br)cc1)NC1CCCCC1CO. The summed E-state index contributed by atoms with van der Waals surface area (Å²) in [7, 11) is 0. The molecule has 1 amide bonds. The lowest BCUT2D eigenvalue weighted by molar-refractivity contribution is -0.120. The first-order chi connectivity index (χ1) is 9.69. The van der Waals surface area contributed by atoms with Crippen molar-refractivity contribution in [2.45, 2.75) is 36.6 Å². The minimum atomic E-state index is 0.0586. The third-order valence-corrected chi connectivity index (χ3v) is 5.21. The standard InChI is InChI=1S/C15H20BrNO2S/c16-12-5-7-13(8-6-12)20-10-15(19)17-14-4-2-1-3-11(14)9-18/h5-8,11,14,18H,1-4,9-10H2,(H,17,19). The summed E-state index contributed by atoms with van der Waals surface area (Å²) >= 11 is 4.93. The highest BCUT2D eigenvalue weighted by Gasteiger charge is 2.25. The van der Waals surface area contributed by atoms with E-state index in [1.165, 1.54) is 11.8 Å². The average Bonchev–Trinajstić information content (AvgIpc) is 2.47. The Balaban J connectivity index is 1.78. The highest BCUT2D eigenvalue weighted by Crippen LogP contribution is 2.24. The van der Waals surface area contributed by atoms with Gasteiger partial charge in [0.15, 0.2) is 0 Å². The maximum absolute atomic E-state index is 12.0. The number of aliphatic hydroxyl groups is 1. The predicted octanol–water partition coefficient (Wildman–Crippen LogP) is 3.21. The highest BCUT2D eigenvalue weighted by molar-refractivity contribution is 9.10. The van der Waals surface area contributed by atoms with Crippen molar-refractivity contribution in [3.8, 4) is 0 Å². The topological polar surface area (TPSA) is 49.3 Å². The Hall–Kier alpha value is -0.520. The molecule has 20 heavy (non-hydrogen) atoms. The van der Waals surface area contributed by atoms with Crippen molar-refractivity contribution >= 4 is 33.6 Å². The molecule has 3 nitrogen and oxygen atoms in total. The number of amides is 1. The van der Waals surface area contributed by atoms with E-state index in [-0.39, 0.29) is 24.5 Å². The summed E-state index contributed by atoms with van der Waals surface area (Å²) in [4.78, 5) is 13.1. The van der Waals surface area contributed by atoms with Crippen molar-refractivity contribution in [1.82, 2.24) is 5.32 Å². The molecule has 0 aromatic heterocycles. The van der Waals surface area contributed by atoms with E-state index in [9.17, 15) is 9.90 Å². The Bertz CT molecular complexity index is 438. The molecule has 0 spiro atoms. The normalized spacial score (nSPS) is 22.5. The number of rotatable bonds is 5. The van der Waals surface area contributed by atoms with E-state index in [0.29, 0.717) is 5.75 Å². The molecule has 1 aromatic carbocycles. The van der Waals surface area contributed by atoms with Crippen molar-refractivity contribution in [1.29, 1.82) is 0 Å².